The molecule has 27 heavy (non-hydrogen) atoms. The fourth-order valence-electron chi connectivity index (χ4n) is 3.47. The van der Waals surface area contributed by atoms with Gasteiger partial charge in [0, 0.05) is 32.2 Å². The zero-order chi connectivity index (χ0) is 19.0. The summed E-state index contributed by atoms with van der Waals surface area (Å²) in [6.45, 7) is 5.22. The van der Waals surface area contributed by atoms with E-state index in [1.807, 2.05) is 23.1 Å². The van der Waals surface area contributed by atoms with Gasteiger partial charge >= 0.3 is 6.18 Å². The van der Waals surface area contributed by atoms with Crippen LogP contribution in [0.3, 0.4) is 0 Å². The minimum atomic E-state index is -4.59. The van der Waals surface area contributed by atoms with Gasteiger partial charge in [0.05, 0.1) is 0 Å². The van der Waals surface area contributed by atoms with Crippen LogP contribution in [0.1, 0.15) is 18.3 Å². The van der Waals surface area contributed by atoms with Crippen molar-refractivity contribution in [2.45, 2.75) is 25.7 Å². The first-order chi connectivity index (χ1) is 12.9. The van der Waals surface area contributed by atoms with Crippen molar-refractivity contribution in [3.8, 4) is 0 Å². The predicted octanol–water partition coefficient (Wildman–Crippen LogP) is 2.85. The molecule has 3 heterocycles. The number of rotatable bonds is 3. The van der Waals surface area contributed by atoms with Gasteiger partial charge in [-0.3, -0.25) is 4.90 Å². The third-order valence-corrected chi connectivity index (χ3v) is 4.76. The molecule has 1 aliphatic heterocycles. The number of hydrogen-bond acceptors (Lipinski definition) is 5. The van der Waals surface area contributed by atoms with Crippen molar-refractivity contribution in [3.05, 3.63) is 53.9 Å². The molecule has 1 atom stereocenters. The van der Waals surface area contributed by atoms with E-state index in [9.17, 15) is 13.2 Å². The van der Waals surface area contributed by atoms with Crippen LogP contribution in [0.15, 0.2) is 42.5 Å². The highest BCUT2D eigenvalue weighted by atomic mass is 19.4. The molecule has 1 saturated heterocycles. The van der Waals surface area contributed by atoms with E-state index in [0.717, 1.165) is 24.1 Å². The maximum absolute atomic E-state index is 13.1. The second kappa shape index (κ2) is 6.80. The van der Waals surface area contributed by atoms with Crippen LogP contribution < -0.4 is 4.90 Å². The largest absolute Gasteiger partial charge is 0.453 e. The second-order valence-corrected chi connectivity index (χ2v) is 6.75. The summed E-state index contributed by atoms with van der Waals surface area (Å²) in [6, 6.07) is 13.6. The van der Waals surface area contributed by atoms with Crippen molar-refractivity contribution >= 4 is 11.5 Å². The number of fused-ring (bicyclic) bond motifs is 1. The van der Waals surface area contributed by atoms with Crippen LogP contribution in [-0.4, -0.2) is 50.4 Å². The van der Waals surface area contributed by atoms with Gasteiger partial charge in [0.25, 0.3) is 5.82 Å². The van der Waals surface area contributed by atoms with Gasteiger partial charge in [0.1, 0.15) is 5.82 Å². The molecule has 0 amide bonds. The lowest BCUT2D eigenvalue weighted by molar-refractivity contribution is -0.146. The Bertz CT molecular complexity index is 924. The van der Waals surface area contributed by atoms with Gasteiger partial charge in [-0.05, 0) is 24.6 Å². The van der Waals surface area contributed by atoms with Crippen LogP contribution in [-0.2, 0) is 12.7 Å². The number of nitrogens with zero attached hydrogens (tertiary/aromatic N) is 6. The fraction of sp³-hybridized carbons (Fsp3) is 0.389. The van der Waals surface area contributed by atoms with Crippen molar-refractivity contribution in [3.63, 3.8) is 0 Å². The molecule has 0 aliphatic carbocycles. The second-order valence-electron chi connectivity index (χ2n) is 6.75. The van der Waals surface area contributed by atoms with Gasteiger partial charge in [-0.1, -0.05) is 30.3 Å². The van der Waals surface area contributed by atoms with Crippen molar-refractivity contribution in [1.29, 1.82) is 0 Å². The van der Waals surface area contributed by atoms with Gasteiger partial charge in [0.2, 0.25) is 0 Å². The van der Waals surface area contributed by atoms with E-state index in [1.54, 1.807) is 6.07 Å². The van der Waals surface area contributed by atoms with E-state index in [4.69, 9.17) is 0 Å². The van der Waals surface area contributed by atoms with Crippen molar-refractivity contribution in [2.24, 2.45) is 0 Å². The Balaban J connectivity index is 1.52. The summed E-state index contributed by atoms with van der Waals surface area (Å²) in [7, 11) is 0. The minimum Gasteiger partial charge on any atom is -0.350 e. The van der Waals surface area contributed by atoms with Crippen molar-refractivity contribution in [1.82, 2.24) is 24.7 Å². The standard InChI is InChI=1S/C18H19F3N6/c1-13-11-25(12-14-5-3-2-4-6-14)9-10-26(13)16-8-7-15-22-23-17(18(19,20)21)27(15)24-16/h2-8,13H,9-12H2,1H3/t13-/m0/s1. The lowest BCUT2D eigenvalue weighted by Gasteiger charge is -2.40. The van der Waals surface area contributed by atoms with Crippen LogP contribution in [0.25, 0.3) is 5.65 Å². The molecule has 1 fully saturated rings. The average molecular weight is 376 g/mol. The number of alkyl halides is 3. The number of halogens is 3. The molecule has 0 unspecified atom stereocenters. The average Bonchev–Trinajstić information content (AvgIpc) is 3.06. The summed E-state index contributed by atoms with van der Waals surface area (Å²) in [5.41, 5.74) is 1.33. The molecule has 142 valence electrons. The minimum absolute atomic E-state index is 0.0847. The highest BCUT2D eigenvalue weighted by Gasteiger charge is 2.38. The topological polar surface area (TPSA) is 49.6 Å². The fourth-order valence-corrected chi connectivity index (χ4v) is 3.47. The van der Waals surface area contributed by atoms with E-state index >= 15 is 0 Å². The van der Waals surface area contributed by atoms with Crippen LogP contribution in [0.2, 0.25) is 0 Å². The molecule has 1 aliphatic rings. The molecular formula is C18H19F3N6. The first kappa shape index (κ1) is 17.7. The molecule has 9 heteroatoms. The summed E-state index contributed by atoms with van der Waals surface area (Å²) in [4.78, 5) is 4.37. The Labute approximate surface area is 154 Å². The molecule has 0 spiro atoms. The Hall–Kier alpha value is -2.68. The van der Waals surface area contributed by atoms with Crippen molar-refractivity contribution in [2.75, 3.05) is 24.5 Å². The first-order valence-corrected chi connectivity index (χ1v) is 8.74. The third-order valence-electron chi connectivity index (χ3n) is 4.76. The molecular weight excluding hydrogens is 357 g/mol. The monoisotopic (exact) mass is 376 g/mol. The highest BCUT2D eigenvalue weighted by molar-refractivity contribution is 5.47. The maximum atomic E-state index is 13.1. The first-order valence-electron chi connectivity index (χ1n) is 8.74. The summed E-state index contributed by atoms with van der Waals surface area (Å²) in [6.07, 6.45) is -4.59. The number of hydrogen-bond donors (Lipinski definition) is 0. The van der Waals surface area contributed by atoms with Gasteiger partial charge in [-0.25, -0.2) is 0 Å². The molecule has 6 nitrogen and oxygen atoms in total. The molecule has 3 aromatic rings. The van der Waals surface area contributed by atoms with E-state index in [2.05, 4.69) is 39.3 Å². The van der Waals surface area contributed by atoms with E-state index in [0.29, 0.717) is 12.4 Å². The Morgan fingerprint density at radius 3 is 2.52 bits per heavy atom. The van der Waals surface area contributed by atoms with E-state index in [-0.39, 0.29) is 11.7 Å². The van der Waals surface area contributed by atoms with Gasteiger partial charge in [-0.15, -0.1) is 15.3 Å². The quantitative estimate of drug-likeness (QED) is 0.704. The zero-order valence-corrected chi connectivity index (χ0v) is 14.8. The number of benzene rings is 1. The molecule has 0 saturated carbocycles. The molecule has 0 N–H and O–H groups in total. The molecule has 0 radical (unpaired) electrons. The van der Waals surface area contributed by atoms with Gasteiger partial charge in [0.15, 0.2) is 5.65 Å². The van der Waals surface area contributed by atoms with E-state index in [1.165, 1.54) is 11.6 Å². The summed E-state index contributed by atoms with van der Waals surface area (Å²) >= 11 is 0. The third kappa shape index (κ3) is 3.59. The van der Waals surface area contributed by atoms with Crippen LogP contribution >= 0.6 is 0 Å². The summed E-state index contributed by atoms with van der Waals surface area (Å²) in [5, 5.41) is 10.9. The molecule has 1 aromatic carbocycles. The van der Waals surface area contributed by atoms with Crippen LogP contribution in [0, 0.1) is 0 Å². The molecule has 4 rings (SSSR count). The smallest absolute Gasteiger partial charge is 0.350 e. The lowest BCUT2D eigenvalue weighted by atomic mass is 10.1. The highest BCUT2D eigenvalue weighted by Crippen LogP contribution is 2.28. The zero-order valence-electron chi connectivity index (χ0n) is 14.8. The predicted molar refractivity (Wildman–Crippen MR) is 94.3 cm³/mol. The lowest BCUT2D eigenvalue weighted by Crippen LogP contribution is -2.52. The normalized spacial score (nSPS) is 19.0. The summed E-state index contributed by atoms with van der Waals surface area (Å²) in [5.74, 6) is -0.602. The Morgan fingerprint density at radius 1 is 1.04 bits per heavy atom. The number of aromatic nitrogens is 4. The van der Waals surface area contributed by atoms with Gasteiger partial charge in [-0.2, -0.15) is 17.7 Å². The van der Waals surface area contributed by atoms with Crippen molar-refractivity contribution < 1.29 is 13.2 Å². The van der Waals surface area contributed by atoms with Crippen LogP contribution in [0.4, 0.5) is 19.0 Å². The van der Waals surface area contributed by atoms with Crippen LogP contribution in [0.5, 0.6) is 0 Å². The van der Waals surface area contributed by atoms with Gasteiger partial charge < -0.3 is 4.90 Å². The Morgan fingerprint density at radius 2 is 1.81 bits per heavy atom. The molecule has 2 aromatic heterocycles. The number of piperazine rings is 1. The summed E-state index contributed by atoms with van der Waals surface area (Å²) < 4.78 is 40.0. The molecule has 0 bridgehead atoms. The number of anilines is 1. The SMILES string of the molecule is C[C@H]1CN(Cc2ccccc2)CCN1c1ccc2nnc(C(F)(F)F)n2n1. The Kier molecular flexibility index (Phi) is 4.47. The maximum Gasteiger partial charge on any atom is 0.453 e. The van der Waals surface area contributed by atoms with E-state index < -0.39 is 12.0 Å².